The summed E-state index contributed by atoms with van der Waals surface area (Å²) in [7, 11) is 1.95. The van der Waals surface area contributed by atoms with E-state index in [1.165, 1.54) is 10.3 Å². The second-order valence-corrected chi connectivity index (χ2v) is 6.79. The second-order valence-electron chi connectivity index (χ2n) is 4.49. The summed E-state index contributed by atoms with van der Waals surface area (Å²) in [5.41, 5.74) is 2.25. The Morgan fingerprint density at radius 2 is 2.05 bits per heavy atom. The fraction of sp³-hybridized carbons (Fsp3) is 0.200. The number of aromatic nitrogens is 2. The Bertz CT molecular complexity index is 673. The molecule has 1 aromatic carbocycles. The molecule has 2 aromatic heterocycles. The molecule has 0 fully saturated rings. The van der Waals surface area contributed by atoms with E-state index in [4.69, 9.17) is 0 Å². The van der Waals surface area contributed by atoms with Gasteiger partial charge in [-0.25, -0.2) is 9.97 Å². The summed E-state index contributed by atoms with van der Waals surface area (Å²) in [5, 5.41) is 4.19. The van der Waals surface area contributed by atoms with Crippen LogP contribution in [0.3, 0.4) is 0 Å². The average Bonchev–Trinajstić information content (AvgIpc) is 2.89. The highest BCUT2D eigenvalue weighted by Gasteiger charge is 2.07. The van der Waals surface area contributed by atoms with Crippen LogP contribution in [-0.4, -0.2) is 17.0 Å². The standard InChI is InChI=1S/C15H15N3S2/c1-10(16-2)11-7-8-14(17-9-11)20-15-18-12-5-3-4-6-13(12)19-15/h3-10,16H,1-2H3. The zero-order valence-electron chi connectivity index (χ0n) is 11.3. The molecular weight excluding hydrogens is 286 g/mol. The molecule has 3 nitrogen and oxygen atoms in total. The summed E-state index contributed by atoms with van der Waals surface area (Å²) < 4.78 is 2.25. The number of nitrogens with one attached hydrogen (secondary N) is 1. The van der Waals surface area contributed by atoms with Crippen LogP contribution in [0, 0.1) is 0 Å². The topological polar surface area (TPSA) is 37.8 Å². The number of benzene rings is 1. The van der Waals surface area contributed by atoms with Gasteiger partial charge in [0.15, 0.2) is 4.34 Å². The molecule has 1 N–H and O–H groups in total. The second kappa shape index (κ2) is 5.91. The summed E-state index contributed by atoms with van der Waals surface area (Å²) in [6.07, 6.45) is 1.93. The van der Waals surface area contributed by atoms with E-state index in [0.717, 1.165) is 14.9 Å². The van der Waals surface area contributed by atoms with Crippen molar-refractivity contribution in [3.63, 3.8) is 0 Å². The predicted octanol–water partition coefficient (Wildman–Crippen LogP) is 4.12. The molecule has 0 saturated carbocycles. The largest absolute Gasteiger partial charge is 0.313 e. The summed E-state index contributed by atoms with van der Waals surface area (Å²) in [4.78, 5) is 9.11. The molecular formula is C15H15N3S2. The minimum Gasteiger partial charge on any atom is -0.313 e. The number of rotatable bonds is 4. The van der Waals surface area contributed by atoms with Gasteiger partial charge in [-0.2, -0.15) is 0 Å². The van der Waals surface area contributed by atoms with Crippen molar-refractivity contribution in [1.29, 1.82) is 0 Å². The number of pyridine rings is 1. The van der Waals surface area contributed by atoms with Gasteiger partial charge < -0.3 is 5.32 Å². The molecule has 5 heteroatoms. The zero-order chi connectivity index (χ0) is 13.9. The molecule has 1 atom stereocenters. The van der Waals surface area contributed by atoms with E-state index in [1.807, 2.05) is 31.4 Å². The third kappa shape index (κ3) is 2.85. The van der Waals surface area contributed by atoms with Gasteiger partial charge in [-0.05, 0) is 49.5 Å². The lowest BCUT2D eigenvalue weighted by molar-refractivity contribution is 0.648. The van der Waals surface area contributed by atoms with E-state index in [9.17, 15) is 0 Å². The Morgan fingerprint density at radius 1 is 1.20 bits per heavy atom. The smallest absolute Gasteiger partial charge is 0.157 e. The molecule has 2 heterocycles. The summed E-state index contributed by atoms with van der Waals surface area (Å²) >= 11 is 3.32. The fourth-order valence-corrected chi connectivity index (χ4v) is 3.81. The monoisotopic (exact) mass is 301 g/mol. The van der Waals surface area contributed by atoms with Crippen LogP contribution >= 0.6 is 23.1 Å². The van der Waals surface area contributed by atoms with E-state index in [0.29, 0.717) is 6.04 Å². The lowest BCUT2D eigenvalue weighted by atomic mass is 10.1. The average molecular weight is 301 g/mol. The minimum atomic E-state index is 0.323. The molecule has 0 bridgehead atoms. The van der Waals surface area contributed by atoms with Gasteiger partial charge in [0.05, 0.1) is 10.2 Å². The lowest BCUT2D eigenvalue weighted by Crippen LogP contribution is -2.12. The first-order valence-corrected chi connectivity index (χ1v) is 8.06. The van der Waals surface area contributed by atoms with Crippen LogP contribution in [-0.2, 0) is 0 Å². The van der Waals surface area contributed by atoms with E-state index in [1.54, 1.807) is 23.1 Å². The number of thiazole rings is 1. The molecule has 0 aliphatic heterocycles. The molecule has 0 aliphatic carbocycles. The van der Waals surface area contributed by atoms with Crippen LogP contribution in [0.5, 0.6) is 0 Å². The first kappa shape index (κ1) is 13.5. The molecule has 1 unspecified atom stereocenters. The van der Waals surface area contributed by atoms with Crippen LogP contribution in [0.4, 0.5) is 0 Å². The molecule has 3 aromatic rings. The summed E-state index contributed by atoms with van der Waals surface area (Å²) in [6, 6.07) is 12.7. The number of hydrogen-bond acceptors (Lipinski definition) is 5. The maximum absolute atomic E-state index is 4.61. The van der Waals surface area contributed by atoms with E-state index in [2.05, 4.69) is 40.4 Å². The van der Waals surface area contributed by atoms with Crippen molar-refractivity contribution in [3.05, 3.63) is 48.2 Å². The van der Waals surface area contributed by atoms with Crippen molar-refractivity contribution in [3.8, 4) is 0 Å². The van der Waals surface area contributed by atoms with Crippen molar-refractivity contribution in [1.82, 2.24) is 15.3 Å². The Balaban J connectivity index is 1.80. The summed E-state index contributed by atoms with van der Waals surface area (Å²) in [6.45, 7) is 2.12. The first-order valence-electron chi connectivity index (χ1n) is 6.43. The molecule has 0 saturated heterocycles. The van der Waals surface area contributed by atoms with Crippen LogP contribution in [0.1, 0.15) is 18.5 Å². The molecule has 0 radical (unpaired) electrons. The van der Waals surface area contributed by atoms with E-state index in [-0.39, 0.29) is 0 Å². The quantitative estimate of drug-likeness (QED) is 0.786. The number of fused-ring (bicyclic) bond motifs is 1. The highest BCUT2D eigenvalue weighted by atomic mass is 32.2. The summed E-state index contributed by atoms with van der Waals surface area (Å²) in [5.74, 6) is 0. The molecule has 0 spiro atoms. The molecule has 102 valence electrons. The van der Waals surface area contributed by atoms with Gasteiger partial charge in [-0.15, -0.1) is 11.3 Å². The van der Waals surface area contributed by atoms with Crippen molar-refractivity contribution >= 4 is 33.3 Å². The maximum atomic E-state index is 4.61. The normalized spacial score (nSPS) is 12.7. The Hall–Kier alpha value is -1.43. The Kier molecular flexibility index (Phi) is 4.00. The number of hydrogen-bond donors (Lipinski definition) is 1. The van der Waals surface area contributed by atoms with Crippen LogP contribution < -0.4 is 5.32 Å². The highest BCUT2D eigenvalue weighted by molar-refractivity contribution is 8.01. The van der Waals surface area contributed by atoms with Gasteiger partial charge >= 0.3 is 0 Å². The highest BCUT2D eigenvalue weighted by Crippen LogP contribution is 2.33. The molecule has 0 aliphatic rings. The van der Waals surface area contributed by atoms with Crippen LogP contribution in [0.2, 0.25) is 0 Å². The first-order chi connectivity index (χ1) is 9.76. The van der Waals surface area contributed by atoms with Gasteiger partial charge in [-0.3, -0.25) is 0 Å². The maximum Gasteiger partial charge on any atom is 0.157 e. The molecule has 20 heavy (non-hydrogen) atoms. The van der Waals surface area contributed by atoms with Crippen molar-refractivity contribution in [2.45, 2.75) is 22.3 Å². The van der Waals surface area contributed by atoms with Crippen LogP contribution in [0.25, 0.3) is 10.2 Å². The number of para-hydroxylation sites is 1. The van der Waals surface area contributed by atoms with Crippen molar-refractivity contribution < 1.29 is 0 Å². The van der Waals surface area contributed by atoms with Gasteiger partial charge in [0.25, 0.3) is 0 Å². The van der Waals surface area contributed by atoms with Crippen molar-refractivity contribution in [2.75, 3.05) is 7.05 Å². The lowest BCUT2D eigenvalue weighted by Gasteiger charge is -2.09. The van der Waals surface area contributed by atoms with Gasteiger partial charge in [0, 0.05) is 12.2 Å². The van der Waals surface area contributed by atoms with Gasteiger partial charge in [-0.1, -0.05) is 18.2 Å². The van der Waals surface area contributed by atoms with Crippen molar-refractivity contribution in [2.24, 2.45) is 0 Å². The number of nitrogens with zero attached hydrogens (tertiary/aromatic N) is 2. The van der Waals surface area contributed by atoms with E-state index >= 15 is 0 Å². The van der Waals surface area contributed by atoms with Gasteiger partial charge in [0.2, 0.25) is 0 Å². The van der Waals surface area contributed by atoms with E-state index < -0.39 is 0 Å². The Labute approximate surface area is 126 Å². The predicted molar refractivity (Wildman–Crippen MR) is 85.5 cm³/mol. The molecule has 3 rings (SSSR count). The molecule has 0 amide bonds. The fourth-order valence-electron chi connectivity index (χ4n) is 1.86. The Morgan fingerprint density at radius 3 is 2.75 bits per heavy atom. The third-order valence-electron chi connectivity index (χ3n) is 3.16. The third-order valence-corrected chi connectivity index (χ3v) is 5.21. The minimum absolute atomic E-state index is 0.323. The zero-order valence-corrected chi connectivity index (χ0v) is 13.0. The van der Waals surface area contributed by atoms with Gasteiger partial charge in [0.1, 0.15) is 5.03 Å². The van der Waals surface area contributed by atoms with Crippen LogP contribution in [0.15, 0.2) is 52.0 Å². The SMILES string of the molecule is CNC(C)c1ccc(Sc2nc3ccccc3s2)nc1.